The van der Waals surface area contributed by atoms with Gasteiger partial charge in [-0.2, -0.15) is 13.2 Å². The van der Waals surface area contributed by atoms with Gasteiger partial charge in [0.05, 0.1) is 17.9 Å². The Morgan fingerprint density at radius 3 is 2.56 bits per heavy atom. The fraction of sp³-hybridized carbons (Fsp3) is 0.455. The number of nitrogens with one attached hydrogen (secondary N) is 1. The minimum Gasteiger partial charge on any atom is -0.310 e. The Kier molecular flexibility index (Phi) is 5.79. The molecule has 4 rings (SSSR count). The number of alkyl halides is 3. The van der Waals surface area contributed by atoms with E-state index in [0.29, 0.717) is 11.7 Å². The van der Waals surface area contributed by atoms with Crippen molar-refractivity contribution >= 4 is 23.4 Å². The third-order valence-electron chi connectivity index (χ3n) is 5.78. The van der Waals surface area contributed by atoms with Gasteiger partial charge in [-0.15, -0.1) is 0 Å². The predicted molar refractivity (Wildman–Crippen MR) is 112 cm³/mol. The molecule has 2 aromatic heterocycles. The van der Waals surface area contributed by atoms with Crippen molar-refractivity contribution in [2.75, 3.05) is 23.3 Å². The van der Waals surface area contributed by atoms with Gasteiger partial charge in [0, 0.05) is 12.7 Å². The molecule has 0 aromatic carbocycles. The van der Waals surface area contributed by atoms with Crippen molar-refractivity contribution in [1.29, 1.82) is 0 Å². The molecule has 0 bridgehead atoms. The second-order valence-corrected chi connectivity index (χ2v) is 8.53. The average molecular weight is 447 g/mol. The molecule has 1 saturated heterocycles. The summed E-state index contributed by atoms with van der Waals surface area (Å²) in [6, 6.07) is 5.13. The molecule has 1 atom stereocenters. The van der Waals surface area contributed by atoms with Crippen LogP contribution in [0.5, 0.6) is 0 Å². The first-order valence-electron chi connectivity index (χ1n) is 10.5. The lowest BCUT2D eigenvalue weighted by molar-refractivity contribution is -0.141. The number of hydrogen-bond acceptors (Lipinski definition) is 4. The maximum absolute atomic E-state index is 13.0. The quantitative estimate of drug-likeness (QED) is 0.717. The van der Waals surface area contributed by atoms with E-state index in [9.17, 15) is 22.8 Å². The highest BCUT2D eigenvalue weighted by atomic mass is 19.4. The summed E-state index contributed by atoms with van der Waals surface area (Å²) in [6.07, 6.45) is 0.396. The van der Waals surface area contributed by atoms with E-state index in [-0.39, 0.29) is 36.6 Å². The molecule has 7 nitrogen and oxygen atoms in total. The second-order valence-electron chi connectivity index (χ2n) is 8.53. The zero-order valence-corrected chi connectivity index (χ0v) is 17.8. The number of carbonyl (C=O) groups is 2. The van der Waals surface area contributed by atoms with Crippen LogP contribution in [0.2, 0.25) is 0 Å². The van der Waals surface area contributed by atoms with Crippen molar-refractivity contribution < 1.29 is 22.8 Å². The second kappa shape index (κ2) is 8.40. The Labute approximate surface area is 183 Å². The molecule has 1 saturated carbocycles. The van der Waals surface area contributed by atoms with Crippen molar-refractivity contribution in [3.8, 4) is 0 Å². The number of aromatic nitrogens is 2. The summed E-state index contributed by atoms with van der Waals surface area (Å²) >= 11 is 0. The highest BCUT2D eigenvalue weighted by Gasteiger charge is 2.41. The van der Waals surface area contributed by atoms with Gasteiger partial charge in [-0.05, 0) is 54.5 Å². The molecule has 1 aliphatic carbocycles. The monoisotopic (exact) mass is 447 g/mol. The highest BCUT2D eigenvalue weighted by molar-refractivity contribution is 5.99. The largest absolute Gasteiger partial charge is 0.433 e. The molecule has 2 aliphatic rings. The molecule has 32 heavy (non-hydrogen) atoms. The van der Waals surface area contributed by atoms with Crippen LogP contribution in [0.3, 0.4) is 0 Å². The minimum absolute atomic E-state index is 0.0375. The van der Waals surface area contributed by atoms with Gasteiger partial charge >= 0.3 is 12.2 Å². The first-order chi connectivity index (χ1) is 15.1. The number of rotatable bonds is 6. The van der Waals surface area contributed by atoms with Gasteiger partial charge in [0.2, 0.25) is 5.91 Å². The lowest BCUT2D eigenvalue weighted by Crippen LogP contribution is -2.42. The number of hydrogen-bond donors (Lipinski definition) is 1. The standard InChI is InChI=1S/C22H24F3N5O2/c1-13(2)17-11-29(16-5-6-18(27-10-16)22(23,24)25)21(32)30(17)12-20(31)28-19-9-15(7-8-26-19)14-3-4-14/h5-10,13-14,17H,3-4,11-12H2,1-2H3,(H,26,28,31)/t17-/m1/s1. The van der Waals surface area contributed by atoms with Crippen molar-refractivity contribution in [2.24, 2.45) is 5.92 Å². The molecule has 1 aliphatic heterocycles. The van der Waals surface area contributed by atoms with Crippen molar-refractivity contribution in [2.45, 2.75) is 44.8 Å². The molecule has 1 N–H and O–H groups in total. The third-order valence-corrected chi connectivity index (χ3v) is 5.78. The van der Waals surface area contributed by atoms with Crippen LogP contribution >= 0.6 is 0 Å². The van der Waals surface area contributed by atoms with Gasteiger partial charge in [0.25, 0.3) is 0 Å². The number of anilines is 2. The molecule has 2 aromatic rings. The van der Waals surface area contributed by atoms with E-state index in [1.54, 1.807) is 6.20 Å². The van der Waals surface area contributed by atoms with Crippen LogP contribution in [0, 0.1) is 5.92 Å². The lowest BCUT2D eigenvalue weighted by Gasteiger charge is -2.25. The topological polar surface area (TPSA) is 78.4 Å². The van der Waals surface area contributed by atoms with Gasteiger partial charge in [-0.1, -0.05) is 13.8 Å². The normalized spacial score (nSPS) is 19.1. The minimum atomic E-state index is -4.55. The smallest absolute Gasteiger partial charge is 0.310 e. The number of pyridine rings is 2. The Hall–Kier alpha value is -3.17. The van der Waals surface area contributed by atoms with Crippen LogP contribution < -0.4 is 10.2 Å². The number of halogens is 3. The maximum atomic E-state index is 13.0. The SMILES string of the molecule is CC(C)[C@H]1CN(c2ccc(C(F)(F)F)nc2)C(=O)N1CC(=O)Nc1cc(C2CC2)ccn1. The molecule has 3 heterocycles. The van der Waals surface area contributed by atoms with E-state index in [1.165, 1.54) is 15.9 Å². The fourth-order valence-corrected chi connectivity index (χ4v) is 3.87. The number of amides is 3. The van der Waals surface area contributed by atoms with Gasteiger partial charge < -0.3 is 10.2 Å². The predicted octanol–water partition coefficient (Wildman–Crippen LogP) is 4.28. The summed E-state index contributed by atoms with van der Waals surface area (Å²) in [6.45, 7) is 3.93. The highest BCUT2D eigenvalue weighted by Crippen LogP contribution is 2.40. The zero-order chi connectivity index (χ0) is 23.0. The molecule has 2 fully saturated rings. The van der Waals surface area contributed by atoms with Crippen LogP contribution in [-0.2, 0) is 11.0 Å². The number of nitrogens with zero attached hydrogens (tertiary/aromatic N) is 4. The van der Waals surface area contributed by atoms with E-state index in [0.717, 1.165) is 30.7 Å². The van der Waals surface area contributed by atoms with Crippen LogP contribution in [-0.4, -0.2) is 45.9 Å². The fourth-order valence-electron chi connectivity index (χ4n) is 3.87. The van der Waals surface area contributed by atoms with E-state index in [2.05, 4.69) is 15.3 Å². The molecule has 0 spiro atoms. The molecule has 0 unspecified atom stereocenters. The van der Waals surface area contributed by atoms with Gasteiger partial charge in [0.15, 0.2) is 0 Å². The Morgan fingerprint density at radius 1 is 1.22 bits per heavy atom. The van der Waals surface area contributed by atoms with Crippen molar-refractivity contribution in [1.82, 2.24) is 14.9 Å². The number of urea groups is 1. The Morgan fingerprint density at radius 2 is 1.97 bits per heavy atom. The summed E-state index contributed by atoms with van der Waals surface area (Å²) in [4.78, 5) is 36.2. The van der Waals surface area contributed by atoms with Crippen molar-refractivity contribution in [3.63, 3.8) is 0 Å². The lowest BCUT2D eigenvalue weighted by atomic mass is 10.0. The molecular weight excluding hydrogens is 423 g/mol. The van der Waals surface area contributed by atoms with E-state index < -0.39 is 17.9 Å². The molecular formula is C22H24F3N5O2. The van der Waals surface area contributed by atoms with Gasteiger partial charge in [-0.3, -0.25) is 9.69 Å². The van der Waals surface area contributed by atoms with E-state index in [1.807, 2.05) is 26.0 Å². The van der Waals surface area contributed by atoms with Crippen molar-refractivity contribution in [3.05, 3.63) is 47.9 Å². The average Bonchev–Trinajstić information content (AvgIpc) is 3.53. The summed E-state index contributed by atoms with van der Waals surface area (Å²) in [5.41, 5.74) is 0.370. The summed E-state index contributed by atoms with van der Waals surface area (Å²) < 4.78 is 38.4. The summed E-state index contributed by atoms with van der Waals surface area (Å²) in [5, 5.41) is 2.75. The van der Waals surface area contributed by atoms with Crippen LogP contribution in [0.25, 0.3) is 0 Å². The summed E-state index contributed by atoms with van der Waals surface area (Å²) in [7, 11) is 0. The van der Waals surface area contributed by atoms with Crippen LogP contribution in [0.4, 0.5) is 29.5 Å². The molecule has 3 amide bonds. The van der Waals surface area contributed by atoms with Gasteiger partial charge in [-0.25, -0.2) is 14.8 Å². The zero-order valence-electron chi connectivity index (χ0n) is 17.8. The Bertz CT molecular complexity index is 1010. The first kappa shape index (κ1) is 22.0. The van der Waals surface area contributed by atoms with Crippen LogP contribution in [0.15, 0.2) is 36.7 Å². The van der Waals surface area contributed by atoms with Crippen LogP contribution in [0.1, 0.15) is 43.9 Å². The van der Waals surface area contributed by atoms with E-state index in [4.69, 9.17) is 0 Å². The Balaban J connectivity index is 1.47. The molecule has 0 radical (unpaired) electrons. The first-order valence-corrected chi connectivity index (χ1v) is 10.5. The molecule has 10 heteroatoms. The maximum Gasteiger partial charge on any atom is 0.433 e. The summed E-state index contributed by atoms with van der Waals surface area (Å²) in [5.74, 6) is 0.619. The number of carbonyl (C=O) groups excluding carboxylic acids is 2. The van der Waals surface area contributed by atoms with E-state index >= 15 is 0 Å². The van der Waals surface area contributed by atoms with Gasteiger partial charge in [0.1, 0.15) is 18.1 Å². The molecule has 170 valence electrons. The third kappa shape index (κ3) is 4.68.